The summed E-state index contributed by atoms with van der Waals surface area (Å²) in [4.78, 5) is 10.9. The summed E-state index contributed by atoms with van der Waals surface area (Å²) in [6.45, 7) is 1.04. The third kappa shape index (κ3) is 2.63. The van der Waals surface area contributed by atoms with Gasteiger partial charge >= 0.3 is 0 Å². The van der Waals surface area contributed by atoms with Crippen molar-refractivity contribution in [3.05, 3.63) is 0 Å². The highest BCUT2D eigenvalue weighted by atomic mass is 16.3. The predicted octanol–water partition coefficient (Wildman–Crippen LogP) is -1.53. The zero-order chi connectivity index (χ0) is 13.0. The molecule has 0 saturated carbocycles. The van der Waals surface area contributed by atoms with Crippen molar-refractivity contribution in [2.24, 2.45) is 15.7 Å². The van der Waals surface area contributed by atoms with E-state index in [1.165, 1.54) is 0 Å². The molecule has 0 aromatic rings. The number of amidine groups is 1. The van der Waals surface area contributed by atoms with E-state index in [0.717, 1.165) is 13.0 Å². The van der Waals surface area contributed by atoms with E-state index in [1.54, 1.807) is 6.34 Å². The summed E-state index contributed by atoms with van der Waals surface area (Å²) in [5.41, 5.74) is 5.93. The molecular formula is C11H21N5O2. The molecule has 0 aromatic heterocycles. The molecule has 0 bridgehead atoms. The lowest BCUT2D eigenvalue weighted by Crippen LogP contribution is -2.59. The smallest absolute Gasteiger partial charge is 0.142 e. The van der Waals surface area contributed by atoms with Crippen LogP contribution >= 0.6 is 0 Å². The molecule has 2 aliphatic heterocycles. The molecule has 3 atom stereocenters. The van der Waals surface area contributed by atoms with Gasteiger partial charge in [0.25, 0.3) is 0 Å². The van der Waals surface area contributed by atoms with Crippen LogP contribution in [0.3, 0.4) is 0 Å². The van der Waals surface area contributed by atoms with Gasteiger partial charge in [-0.15, -0.1) is 0 Å². The summed E-state index contributed by atoms with van der Waals surface area (Å²) in [5, 5.41) is 21.1. The SMILES string of the molecule is NC1=NC(CCCO)N(CCCO)C2NC=NC12. The maximum atomic E-state index is 8.97. The zero-order valence-electron chi connectivity index (χ0n) is 10.4. The minimum atomic E-state index is -0.130. The second-order valence-corrected chi connectivity index (χ2v) is 4.55. The summed E-state index contributed by atoms with van der Waals surface area (Å²) in [6, 6.07) is -0.130. The van der Waals surface area contributed by atoms with Crippen LogP contribution < -0.4 is 11.1 Å². The molecule has 0 amide bonds. The number of nitrogens with two attached hydrogens (primary N) is 1. The van der Waals surface area contributed by atoms with Gasteiger partial charge in [0.15, 0.2) is 0 Å². The number of aliphatic imine (C=N–C) groups is 2. The first-order valence-electron chi connectivity index (χ1n) is 6.36. The van der Waals surface area contributed by atoms with Gasteiger partial charge in [-0.2, -0.15) is 0 Å². The normalized spacial score (nSPS) is 31.0. The molecule has 7 nitrogen and oxygen atoms in total. The molecule has 0 aliphatic carbocycles. The predicted molar refractivity (Wildman–Crippen MR) is 69.3 cm³/mol. The van der Waals surface area contributed by atoms with Crippen LogP contribution in [0.1, 0.15) is 19.3 Å². The third-order valence-electron chi connectivity index (χ3n) is 3.32. The maximum Gasteiger partial charge on any atom is 0.142 e. The number of hydrogen-bond acceptors (Lipinski definition) is 7. The van der Waals surface area contributed by atoms with E-state index < -0.39 is 0 Å². The highest BCUT2D eigenvalue weighted by molar-refractivity contribution is 5.90. The van der Waals surface area contributed by atoms with Crippen LogP contribution in [0.15, 0.2) is 9.98 Å². The van der Waals surface area contributed by atoms with Crippen molar-refractivity contribution in [1.82, 2.24) is 10.2 Å². The summed E-state index contributed by atoms with van der Waals surface area (Å²) in [7, 11) is 0. The van der Waals surface area contributed by atoms with Crippen LogP contribution in [-0.4, -0.2) is 65.4 Å². The Balaban J connectivity index is 2.09. The molecule has 18 heavy (non-hydrogen) atoms. The fourth-order valence-electron chi connectivity index (χ4n) is 2.44. The van der Waals surface area contributed by atoms with Gasteiger partial charge in [0, 0.05) is 19.8 Å². The first kappa shape index (κ1) is 13.3. The average Bonchev–Trinajstić information content (AvgIpc) is 2.85. The van der Waals surface area contributed by atoms with Crippen LogP contribution in [0, 0.1) is 0 Å². The quantitative estimate of drug-likeness (QED) is 0.460. The van der Waals surface area contributed by atoms with Gasteiger partial charge in [0.2, 0.25) is 0 Å². The van der Waals surface area contributed by atoms with Gasteiger partial charge in [-0.3, -0.25) is 14.9 Å². The number of nitrogens with zero attached hydrogens (tertiary/aromatic N) is 3. The Morgan fingerprint density at radius 3 is 2.83 bits per heavy atom. The van der Waals surface area contributed by atoms with Gasteiger partial charge in [-0.25, -0.2) is 0 Å². The fourth-order valence-corrected chi connectivity index (χ4v) is 2.44. The number of rotatable bonds is 6. The highest BCUT2D eigenvalue weighted by Gasteiger charge is 2.39. The highest BCUT2D eigenvalue weighted by Crippen LogP contribution is 2.22. The molecule has 5 N–H and O–H groups in total. The monoisotopic (exact) mass is 255 g/mol. The molecule has 2 rings (SSSR count). The van der Waals surface area contributed by atoms with Crippen LogP contribution in [-0.2, 0) is 0 Å². The van der Waals surface area contributed by atoms with Gasteiger partial charge in [-0.1, -0.05) is 0 Å². The maximum absolute atomic E-state index is 8.97. The molecule has 102 valence electrons. The third-order valence-corrected chi connectivity index (χ3v) is 3.32. The molecule has 2 heterocycles. The zero-order valence-corrected chi connectivity index (χ0v) is 10.4. The number of hydrogen-bond donors (Lipinski definition) is 4. The van der Waals surface area contributed by atoms with E-state index in [2.05, 4.69) is 20.2 Å². The van der Waals surface area contributed by atoms with Crippen molar-refractivity contribution in [3.8, 4) is 0 Å². The van der Waals surface area contributed by atoms with Crippen LogP contribution in [0.5, 0.6) is 0 Å². The van der Waals surface area contributed by atoms with Crippen LogP contribution in [0.2, 0.25) is 0 Å². The summed E-state index contributed by atoms with van der Waals surface area (Å²) < 4.78 is 0. The molecule has 0 fully saturated rings. The van der Waals surface area contributed by atoms with Gasteiger partial charge in [0.1, 0.15) is 24.2 Å². The van der Waals surface area contributed by atoms with Crippen molar-refractivity contribution in [3.63, 3.8) is 0 Å². The Kier molecular flexibility index (Phi) is 4.51. The van der Waals surface area contributed by atoms with Crippen molar-refractivity contribution in [1.29, 1.82) is 0 Å². The second-order valence-electron chi connectivity index (χ2n) is 4.55. The lowest BCUT2D eigenvalue weighted by molar-refractivity contribution is 0.0948. The average molecular weight is 255 g/mol. The number of aliphatic hydroxyl groups excluding tert-OH is 2. The first-order valence-corrected chi connectivity index (χ1v) is 6.36. The van der Waals surface area contributed by atoms with Crippen molar-refractivity contribution in [2.45, 2.75) is 37.6 Å². The minimum Gasteiger partial charge on any atom is -0.396 e. The van der Waals surface area contributed by atoms with Crippen molar-refractivity contribution < 1.29 is 10.2 Å². The Morgan fingerprint density at radius 1 is 1.33 bits per heavy atom. The second kappa shape index (κ2) is 6.12. The van der Waals surface area contributed by atoms with E-state index in [9.17, 15) is 0 Å². The molecule has 0 radical (unpaired) electrons. The number of aliphatic hydroxyl groups is 2. The van der Waals surface area contributed by atoms with Crippen LogP contribution in [0.4, 0.5) is 0 Å². The molecule has 0 aromatic carbocycles. The molecular weight excluding hydrogens is 234 g/mol. The van der Waals surface area contributed by atoms with Crippen molar-refractivity contribution in [2.75, 3.05) is 19.8 Å². The van der Waals surface area contributed by atoms with E-state index in [0.29, 0.717) is 18.7 Å². The Morgan fingerprint density at radius 2 is 2.11 bits per heavy atom. The van der Waals surface area contributed by atoms with Gasteiger partial charge < -0.3 is 21.3 Å². The van der Waals surface area contributed by atoms with E-state index in [-0.39, 0.29) is 31.6 Å². The molecule has 2 aliphatic rings. The summed E-state index contributed by atoms with van der Waals surface area (Å²) >= 11 is 0. The largest absolute Gasteiger partial charge is 0.396 e. The summed E-state index contributed by atoms with van der Waals surface area (Å²) in [6.07, 6.45) is 3.79. The molecule has 0 spiro atoms. The number of fused-ring (bicyclic) bond motifs is 1. The lowest BCUT2D eigenvalue weighted by atomic mass is 10.1. The van der Waals surface area contributed by atoms with E-state index in [4.69, 9.17) is 15.9 Å². The van der Waals surface area contributed by atoms with Gasteiger partial charge in [0.05, 0.1) is 6.34 Å². The molecule has 7 heteroatoms. The molecule has 0 saturated heterocycles. The topological polar surface area (TPSA) is 106 Å². The lowest BCUT2D eigenvalue weighted by Gasteiger charge is -2.40. The van der Waals surface area contributed by atoms with E-state index >= 15 is 0 Å². The van der Waals surface area contributed by atoms with E-state index in [1.807, 2.05) is 0 Å². The van der Waals surface area contributed by atoms with Crippen LogP contribution in [0.25, 0.3) is 0 Å². The Labute approximate surface area is 106 Å². The standard InChI is InChI=1S/C11H21N5O2/c12-10-9-11(14-7-13-9)16(4-2-6-18)8(15-10)3-1-5-17/h7-9,11,17-18H,1-6H2,(H2,12,15)(H,13,14). The molecule has 3 unspecified atom stereocenters. The minimum absolute atomic E-state index is 0.0257. The fraction of sp³-hybridized carbons (Fsp3) is 0.818. The number of nitrogens with one attached hydrogen (secondary N) is 1. The summed E-state index contributed by atoms with van der Waals surface area (Å²) in [5.74, 6) is 0.546. The Hall–Kier alpha value is -1.18. The Bertz CT molecular complexity index is 333. The van der Waals surface area contributed by atoms with Gasteiger partial charge in [-0.05, 0) is 19.3 Å². The van der Waals surface area contributed by atoms with Crippen molar-refractivity contribution >= 4 is 12.2 Å². The first-order chi connectivity index (χ1) is 8.77.